The van der Waals surface area contributed by atoms with Crippen molar-refractivity contribution in [3.63, 3.8) is 0 Å². The summed E-state index contributed by atoms with van der Waals surface area (Å²) in [7, 11) is 1.80. The zero-order chi connectivity index (χ0) is 22.7. The number of halogens is 2. The standard InChI is InChI=1S/C23H18BrFN4O3/c1-29-12-11-26-21(29)20(15-3-2-4-16(25)13-15)28-22(30)14-5-7-17(8-6-14)27-23(31)18-9-10-19(24)32-18/h2-13,20H,1H3,(H,27,31)(H,28,30). The molecule has 4 aromatic rings. The predicted molar refractivity (Wildman–Crippen MR) is 120 cm³/mol. The number of imidazole rings is 1. The lowest BCUT2D eigenvalue weighted by atomic mass is 10.0. The summed E-state index contributed by atoms with van der Waals surface area (Å²) in [4.78, 5) is 29.4. The van der Waals surface area contributed by atoms with Gasteiger partial charge < -0.3 is 19.6 Å². The number of aryl methyl sites for hydroxylation is 1. The highest BCUT2D eigenvalue weighted by molar-refractivity contribution is 9.10. The molecule has 0 radical (unpaired) electrons. The van der Waals surface area contributed by atoms with E-state index in [1.807, 2.05) is 0 Å². The number of carbonyl (C=O) groups excluding carboxylic acids is 2. The molecule has 0 spiro atoms. The first-order valence-electron chi connectivity index (χ1n) is 9.61. The normalized spacial score (nSPS) is 11.7. The highest BCUT2D eigenvalue weighted by Crippen LogP contribution is 2.22. The molecule has 2 heterocycles. The van der Waals surface area contributed by atoms with Crippen molar-refractivity contribution in [1.82, 2.24) is 14.9 Å². The first-order chi connectivity index (χ1) is 15.4. The zero-order valence-electron chi connectivity index (χ0n) is 16.9. The van der Waals surface area contributed by atoms with Gasteiger partial charge in [-0.3, -0.25) is 9.59 Å². The number of hydrogen-bond donors (Lipinski definition) is 2. The first kappa shape index (κ1) is 21.5. The number of carbonyl (C=O) groups is 2. The molecule has 0 aliphatic rings. The zero-order valence-corrected chi connectivity index (χ0v) is 18.5. The van der Waals surface area contributed by atoms with Gasteiger partial charge in [-0.1, -0.05) is 12.1 Å². The monoisotopic (exact) mass is 496 g/mol. The quantitative estimate of drug-likeness (QED) is 0.405. The highest BCUT2D eigenvalue weighted by atomic mass is 79.9. The molecule has 2 amide bonds. The molecule has 32 heavy (non-hydrogen) atoms. The number of anilines is 1. The van der Waals surface area contributed by atoms with Crippen LogP contribution >= 0.6 is 15.9 Å². The van der Waals surface area contributed by atoms with Crippen LogP contribution in [0.2, 0.25) is 0 Å². The third kappa shape index (κ3) is 4.78. The minimum atomic E-state index is -0.644. The van der Waals surface area contributed by atoms with Crippen LogP contribution in [0.1, 0.15) is 38.3 Å². The van der Waals surface area contributed by atoms with Gasteiger partial charge in [0.2, 0.25) is 0 Å². The molecule has 9 heteroatoms. The number of rotatable bonds is 6. The van der Waals surface area contributed by atoms with Crippen LogP contribution in [0.5, 0.6) is 0 Å². The van der Waals surface area contributed by atoms with Gasteiger partial charge in [-0.25, -0.2) is 9.37 Å². The minimum Gasteiger partial charge on any atom is -0.444 e. The van der Waals surface area contributed by atoms with Gasteiger partial charge in [0.1, 0.15) is 17.7 Å². The van der Waals surface area contributed by atoms with Crippen LogP contribution in [-0.4, -0.2) is 21.4 Å². The van der Waals surface area contributed by atoms with Crippen molar-refractivity contribution in [2.24, 2.45) is 7.05 Å². The van der Waals surface area contributed by atoms with E-state index in [0.717, 1.165) is 0 Å². The van der Waals surface area contributed by atoms with E-state index in [2.05, 4.69) is 31.5 Å². The van der Waals surface area contributed by atoms with Crippen LogP contribution in [0, 0.1) is 5.82 Å². The highest BCUT2D eigenvalue weighted by Gasteiger charge is 2.22. The van der Waals surface area contributed by atoms with E-state index in [4.69, 9.17) is 4.42 Å². The van der Waals surface area contributed by atoms with E-state index in [-0.39, 0.29) is 11.7 Å². The fourth-order valence-corrected chi connectivity index (χ4v) is 3.49. The van der Waals surface area contributed by atoms with Gasteiger partial charge in [0.25, 0.3) is 11.8 Å². The summed E-state index contributed by atoms with van der Waals surface area (Å²) >= 11 is 3.15. The summed E-state index contributed by atoms with van der Waals surface area (Å²) in [6.45, 7) is 0. The van der Waals surface area contributed by atoms with Crippen LogP contribution in [0.15, 0.2) is 82.1 Å². The van der Waals surface area contributed by atoms with Gasteiger partial charge in [-0.15, -0.1) is 0 Å². The molecule has 162 valence electrons. The Morgan fingerprint density at radius 2 is 1.88 bits per heavy atom. The smallest absolute Gasteiger partial charge is 0.291 e. The van der Waals surface area contributed by atoms with Crippen LogP contribution in [0.25, 0.3) is 0 Å². The van der Waals surface area contributed by atoms with E-state index >= 15 is 0 Å². The fraction of sp³-hybridized carbons (Fsp3) is 0.0870. The van der Waals surface area contributed by atoms with E-state index in [9.17, 15) is 14.0 Å². The Kier molecular flexibility index (Phi) is 6.18. The van der Waals surface area contributed by atoms with Crippen molar-refractivity contribution < 1.29 is 18.4 Å². The van der Waals surface area contributed by atoms with Crippen molar-refractivity contribution in [2.75, 3.05) is 5.32 Å². The second kappa shape index (κ2) is 9.19. The maximum Gasteiger partial charge on any atom is 0.291 e. The van der Waals surface area contributed by atoms with Crippen LogP contribution in [0.3, 0.4) is 0 Å². The SMILES string of the molecule is Cn1ccnc1C(NC(=O)c1ccc(NC(=O)c2ccc(Br)o2)cc1)c1cccc(F)c1. The molecule has 0 saturated heterocycles. The molecule has 2 aromatic heterocycles. The fourth-order valence-electron chi connectivity index (χ4n) is 3.19. The van der Waals surface area contributed by atoms with Gasteiger partial charge in [0.15, 0.2) is 10.4 Å². The molecular weight excluding hydrogens is 479 g/mol. The van der Waals surface area contributed by atoms with E-state index in [0.29, 0.717) is 27.3 Å². The number of hydrogen-bond acceptors (Lipinski definition) is 4. The lowest BCUT2D eigenvalue weighted by Crippen LogP contribution is -2.31. The molecule has 7 nitrogen and oxygen atoms in total. The lowest BCUT2D eigenvalue weighted by molar-refractivity contribution is 0.0940. The Bertz CT molecular complexity index is 1270. The summed E-state index contributed by atoms with van der Waals surface area (Å²) in [5, 5.41) is 5.61. The summed E-state index contributed by atoms with van der Waals surface area (Å²) in [5.41, 5.74) is 1.45. The molecule has 4 rings (SSSR count). The molecule has 0 bridgehead atoms. The summed E-state index contributed by atoms with van der Waals surface area (Å²) < 4.78 is 21.3. The molecule has 0 saturated carbocycles. The van der Waals surface area contributed by atoms with Crippen molar-refractivity contribution in [3.05, 3.63) is 106 Å². The lowest BCUT2D eigenvalue weighted by Gasteiger charge is -2.19. The van der Waals surface area contributed by atoms with Crippen molar-refractivity contribution in [2.45, 2.75) is 6.04 Å². The summed E-state index contributed by atoms with van der Waals surface area (Å²) in [6.07, 6.45) is 3.37. The molecule has 0 aliphatic carbocycles. The van der Waals surface area contributed by atoms with Crippen LogP contribution < -0.4 is 10.6 Å². The average Bonchev–Trinajstić information content (AvgIpc) is 3.40. The van der Waals surface area contributed by atoms with E-state index < -0.39 is 17.8 Å². The number of aromatic nitrogens is 2. The molecule has 1 unspecified atom stereocenters. The molecule has 2 N–H and O–H groups in total. The largest absolute Gasteiger partial charge is 0.444 e. The molecule has 2 aromatic carbocycles. The number of nitrogens with zero attached hydrogens (tertiary/aromatic N) is 2. The Labute approximate surface area is 191 Å². The average molecular weight is 497 g/mol. The maximum atomic E-state index is 13.8. The molecular formula is C23H18BrFN4O3. The Morgan fingerprint density at radius 3 is 2.50 bits per heavy atom. The van der Waals surface area contributed by atoms with Gasteiger partial charge in [-0.2, -0.15) is 0 Å². The summed E-state index contributed by atoms with van der Waals surface area (Å²) in [5.74, 6) is -0.451. The molecule has 0 aliphatic heterocycles. The van der Waals surface area contributed by atoms with Gasteiger partial charge in [0.05, 0.1) is 0 Å². The van der Waals surface area contributed by atoms with Crippen molar-refractivity contribution in [1.29, 1.82) is 0 Å². The first-order valence-corrected chi connectivity index (χ1v) is 10.4. The van der Waals surface area contributed by atoms with Gasteiger partial charge in [-0.05, 0) is 70.0 Å². The van der Waals surface area contributed by atoms with Crippen LogP contribution in [-0.2, 0) is 7.05 Å². The van der Waals surface area contributed by atoms with E-state index in [1.54, 1.807) is 72.5 Å². The topological polar surface area (TPSA) is 89.2 Å². The Balaban J connectivity index is 1.51. The second-order valence-corrected chi connectivity index (χ2v) is 7.77. The van der Waals surface area contributed by atoms with Gasteiger partial charge >= 0.3 is 0 Å². The minimum absolute atomic E-state index is 0.159. The van der Waals surface area contributed by atoms with Crippen molar-refractivity contribution in [3.8, 4) is 0 Å². The van der Waals surface area contributed by atoms with Crippen LogP contribution in [0.4, 0.5) is 10.1 Å². The third-order valence-electron chi connectivity index (χ3n) is 4.78. The predicted octanol–water partition coefficient (Wildman–Crippen LogP) is 4.69. The van der Waals surface area contributed by atoms with Gasteiger partial charge in [0, 0.05) is 30.7 Å². The summed E-state index contributed by atoms with van der Waals surface area (Å²) in [6, 6.07) is 15.0. The molecule has 0 fully saturated rings. The number of amides is 2. The maximum absolute atomic E-state index is 13.8. The Hall–Kier alpha value is -3.72. The number of benzene rings is 2. The van der Waals surface area contributed by atoms with E-state index in [1.165, 1.54) is 12.1 Å². The Morgan fingerprint density at radius 1 is 1.09 bits per heavy atom. The third-order valence-corrected chi connectivity index (χ3v) is 5.20. The van der Waals surface area contributed by atoms with Crippen molar-refractivity contribution >= 4 is 33.4 Å². The number of nitrogens with one attached hydrogen (secondary N) is 2. The number of furan rings is 1. The second-order valence-electron chi connectivity index (χ2n) is 6.99. The molecule has 1 atom stereocenters.